The highest BCUT2D eigenvalue weighted by Gasteiger charge is 3.06. The van der Waals surface area contributed by atoms with Crippen molar-refractivity contribution in [2.24, 2.45) is 21.7 Å². The number of carbonyl (C=O) groups is 4. The molecule has 6 aliphatic rings. The zero-order chi connectivity index (χ0) is 43.6. The topological polar surface area (TPSA) is 130 Å². The Labute approximate surface area is 362 Å². The molecule has 0 N–H and O–H groups in total. The van der Waals surface area contributed by atoms with Gasteiger partial charge in [-0.25, -0.2) is 0 Å². The van der Waals surface area contributed by atoms with Gasteiger partial charge >= 0.3 is 23.9 Å². The zero-order valence-electron chi connectivity index (χ0n) is 36.1. The fraction of sp³-hybridized carbons (Fsp3) is 0.440. The van der Waals surface area contributed by atoms with Crippen LogP contribution in [0.5, 0.6) is 11.5 Å². The molecule has 6 fully saturated rings. The molecular weight excluding hydrogens is 789 g/mol. The molecule has 12 nitrogen and oxygen atoms in total. The highest BCUT2D eigenvalue weighted by Crippen LogP contribution is 2.92. The summed E-state index contributed by atoms with van der Waals surface area (Å²) in [5, 5.41) is 0. The SMILES string of the molecule is CCOC(=O)C12C(c3ccc(OC)cc3)C3(C(=O)OCC)C4N(Cc5ccccc5)C1C1(C(=O)OCC)C(c5ccc(OC)cc5)C4(C(=O)OCC)C3N(Cc3ccccc3)C21. The average molecular weight is 843 g/mol. The number of methoxy groups -OCH3 is 2. The number of rotatable bonds is 16. The standard InChI is InChI=1S/C50H54N2O10/c1-7-59-43(53)47-37(33-21-25-35(57-5)26-22-33)48(44(54)60-8-2)41-50(46(56)62-10-4)38(34-23-27-36(58-6)28-24-34)49(45(55)61-9-3,39(47)51(41)29-31-17-13-11-14-18-31)40(47)52(42(48)50)30-32-19-15-12-16-20-32/h11-28,37-42H,7-10,29-30H2,1-6H3. The maximum Gasteiger partial charge on any atom is 0.316 e. The van der Waals surface area contributed by atoms with Gasteiger partial charge in [-0.1, -0.05) is 84.9 Å². The molecule has 4 aliphatic heterocycles. The Balaban J connectivity index is 1.48. The summed E-state index contributed by atoms with van der Waals surface area (Å²) in [7, 11) is 3.16. The second-order valence-corrected chi connectivity index (χ2v) is 17.0. The molecule has 12 heteroatoms. The van der Waals surface area contributed by atoms with Gasteiger partial charge in [-0.2, -0.15) is 0 Å². The number of piperidine rings is 4. The second-order valence-electron chi connectivity index (χ2n) is 17.0. The highest BCUT2D eigenvalue weighted by atomic mass is 16.6. The number of ether oxygens (including phenoxy) is 6. The van der Waals surface area contributed by atoms with Gasteiger partial charge in [0, 0.05) is 49.1 Å². The summed E-state index contributed by atoms with van der Waals surface area (Å²) in [5.74, 6) is -2.80. The van der Waals surface area contributed by atoms with Crippen LogP contribution in [0.15, 0.2) is 109 Å². The van der Waals surface area contributed by atoms with E-state index >= 15 is 19.2 Å². The molecule has 4 aromatic carbocycles. The molecule has 62 heavy (non-hydrogen) atoms. The van der Waals surface area contributed by atoms with Gasteiger partial charge < -0.3 is 28.4 Å². The third-order valence-electron chi connectivity index (χ3n) is 14.7. The third-order valence-corrected chi connectivity index (χ3v) is 14.7. The van der Waals surface area contributed by atoms with E-state index in [-0.39, 0.29) is 39.5 Å². The van der Waals surface area contributed by atoms with Crippen molar-refractivity contribution in [3.05, 3.63) is 131 Å². The van der Waals surface area contributed by atoms with Crippen LogP contribution in [0.4, 0.5) is 0 Å². The summed E-state index contributed by atoms with van der Waals surface area (Å²) in [6, 6.07) is 30.5. The first-order valence-corrected chi connectivity index (χ1v) is 21.7. The van der Waals surface area contributed by atoms with Crippen LogP contribution >= 0.6 is 0 Å². The molecule has 0 atom stereocenters. The van der Waals surface area contributed by atoms with E-state index in [1.165, 1.54) is 0 Å². The molecule has 2 aliphatic carbocycles. The zero-order valence-corrected chi connectivity index (χ0v) is 36.1. The molecular formula is C50H54N2O10. The van der Waals surface area contributed by atoms with E-state index in [2.05, 4.69) is 9.80 Å². The van der Waals surface area contributed by atoms with Crippen molar-refractivity contribution in [2.45, 2.75) is 76.8 Å². The van der Waals surface area contributed by atoms with E-state index < -0.39 is 81.5 Å². The van der Waals surface area contributed by atoms with E-state index in [1.54, 1.807) is 41.9 Å². The normalized spacial score (nSPS) is 32.2. The average Bonchev–Trinajstić information content (AvgIpc) is 3.26. The van der Waals surface area contributed by atoms with Crippen molar-refractivity contribution >= 4 is 23.9 Å². The summed E-state index contributed by atoms with van der Waals surface area (Å²) < 4.78 is 36.4. The third kappa shape index (κ3) is 5.07. The summed E-state index contributed by atoms with van der Waals surface area (Å²) in [6.45, 7) is 7.66. The first-order chi connectivity index (χ1) is 30.2. The lowest BCUT2D eigenvalue weighted by atomic mass is 9.15. The quantitative estimate of drug-likeness (QED) is 0.0926. The van der Waals surface area contributed by atoms with Crippen molar-refractivity contribution < 1.29 is 47.6 Å². The van der Waals surface area contributed by atoms with Gasteiger partial charge in [0.15, 0.2) is 0 Å². The Bertz CT molecular complexity index is 2080. The van der Waals surface area contributed by atoms with Gasteiger partial charge in [0.25, 0.3) is 0 Å². The Hall–Kier alpha value is -5.72. The van der Waals surface area contributed by atoms with E-state index in [0.29, 0.717) is 22.6 Å². The lowest BCUT2D eigenvalue weighted by Gasteiger charge is -2.95. The van der Waals surface area contributed by atoms with Gasteiger partial charge in [0.1, 0.15) is 33.2 Å². The molecule has 0 radical (unpaired) electrons. The largest absolute Gasteiger partial charge is 0.497 e. The van der Waals surface area contributed by atoms with Crippen LogP contribution in [0.1, 0.15) is 61.8 Å². The maximum absolute atomic E-state index is 15.9. The molecule has 0 spiro atoms. The lowest BCUT2D eigenvalue weighted by Crippen LogP contribution is -3.09. The maximum atomic E-state index is 15.9. The predicted octanol–water partition coefficient (Wildman–Crippen LogP) is 6.32. The lowest BCUT2D eigenvalue weighted by molar-refractivity contribution is -0.449. The van der Waals surface area contributed by atoms with Crippen LogP contribution in [0.25, 0.3) is 0 Å². The van der Waals surface area contributed by atoms with Gasteiger partial charge in [-0.3, -0.25) is 29.0 Å². The molecule has 4 heterocycles. The summed E-state index contributed by atoms with van der Waals surface area (Å²) >= 11 is 0. The fourth-order valence-corrected chi connectivity index (χ4v) is 13.6. The van der Waals surface area contributed by atoms with Crippen molar-refractivity contribution in [1.82, 2.24) is 9.80 Å². The molecule has 0 unspecified atom stereocenters. The van der Waals surface area contributed by atoms with E-state index in [4.69, 9.17) is 28.4 Å². The number of benzene rings is 4. The van der Waals surface area contributed by atoms with E-state index in [9.17, 15) is 0 Å². The molecule has 0 aromatic heterocycles. The number of hydrogen-bond acceptors (Lipinski definition) is 12. The Kier molecular flexibility index (Phi) is 10.5. The van der Waals surface area contributed by atoms with Crippen molar-refractivity contribution in [1.29, 1.82) is 0 Å². The Morgan fingerprint density at radius 2 is 0.710 bits per heavy atom. The first kappa shape index (κ1) is 41.6. The summed E-state index contributed by atoms with van der Waals surface area (Å²) in [5.41, 5.74) is -3.27. The smallest absolute Gasteiger partial charge is 0.316 e. The van der Waals surface area contributed by atoms with Crippen LogP contribution in [0.3, 0.4) is 0 Å². The van der Waals surface area contributed by atoms with Gasteiger partial charge in [0.05, 0.1) is 40.6 Å². The predicted molar refractivity (Wildman–Crippen MR) is 227 cm³/mol. The molecule has 324 valence electrons. The monoisotopic (exact) mass is 842 g/mol. The van der Waals surface area contributed by atoms with Crippen molar-refractivity contribution in [2.75, 3.05) is 40.6 Å². The fourth-order valence-electron chi connectivity index (χ4n) is 13.6. The van der Waals surface area contributed by atoms with Crippen LogP contribution in [0, 0.1) is 21.7 Å². The summed E-state index contributed by atoms with van der Waals surface area (Å²) in [4.78, 5) is 68.0. The highest BCUT2D eigenvalue weighted by molar-refractivity contribution is 6.03. The van der Waals surface area contributed by atoms with Gasteiger partial charge in [-0.15, -0.1) is 0 Å². The summed E-state index contributed by atoms with van der Waals surface area (Å²) in [6.07, 6.45) is 0. The van der Waals surface area contributed by atoms with Crippen LogP contribution in [-0.2, 0) is 51.2 Å². The minimum Gasteiger partial charge on any atom is -0.497 e. The molecule has 4 aromatic rings. The van der Waals surface area contributed by atoms with E-state index in [0.717, 1.165) is 11.1 Å². The minimum atomic E-state index is -1.59. The number of hydrogen-bond donors (Lipinski definition) is 0. The number of carbonyl (C=O) groups excluding carboxylic acids is 4. The minimum absolute atomic E-state index is 0.0487. The second kappa shape index (κ2) is 15.6. The van der Waals surface area contributed by atoms with Crippen LogP contribution in [0.2, 0.25) is 0 Å². The van der Waals surface area contributed by atoms with Crippen molar-refractivity contribution in [3.8, 4) is 11.5 Å². The first-order valence-electron chi connectivity index (χ1n) is 21.7. The molecule has 4 saturated heterocycles. The van der Waals surface area contributed by atoms with Crippen LogP contribution < -0.4 is 9.47 Å². The molecule has 8 bridgehead atoms. The molecule has 2 saturated carbocycles. The van der Waals surface area contributed by atoms with E-state index in [1.807, 2.05) is 109 Å². The van der Waals surface area contributed by atoms with Gasteiger partial charge in [-0.05, 0) is 74.2 Å². The Morgan fingerprint density at radius 1 is 0.435 bits per heavy atom. The van der Waals surface area contributed by atoms with Gasteiger partial charge in [0.2, 0.25) is 0 Å². The number of esters is 4. The van der Waals surface area contributed by atoms with Crippen molar-refractivity contribution in [3.63, 3.8) is 0 Å². The van der Waals surface area contributed by atoms with Crippen LogP contribution in [-0.4, -0.2) is 98.5 Å². The Morgan fingerprint density at radius 3 is 0.952 bits per heavy atom. The number of nitrogens with zero attached hydrogens (tertiary/aromatic N) is 2. The molecule has 0 amide bonds. The molecule has 10 rings (SSSR count).